The summed E-state index contributed by atoms with van der Waals surface area (Å²) in [6.07, 6.45) is 65.2. The van der Waals surface area contributed by atoms with Crippen molar-refractivity contribution in [3.8, 4) is 0 Å². The van der Waals surface area contributed by atoms with Crippen LogP contribution in [0.3, 0.4) is 0 Å². The van der Waals surface area contributed by atoms with E-state index < -0.39 is 12.1 Å². The minimum atomic E-state index is -0.844. The summed E-state index contributed by atoms with van der Waals surface area (Å²) in [5.74, 6) is -0.0554. The molecule has 0 bridgehead atoms. The van der Waals surface area contributed by atoms with Crippen LogP contribution in [-0.2, 0) is 14.3 Å². The summed E-state index contributed by atoms with van der Waals surface area (Å²) in [5, 5.41) is 23.1. The predicted molar refractivity (Wildman–Crippen MR) is 283 cm³/mol. The smallest absolute Gasteiger partial charge is 0.305 e. The van der Waals surface area contributed by atoms with Crippen LogP contribution in [-0.4, -0.2) is 47.4 Å². The quantitative estimate of drug-likeness (QED) is 0.0321. The minimum absolute atomic E-state index is 0.0132. The van der Waals surface area contributed by atoms with Crippen molar-refractivity contribution in [3.05, 3.63) is 12.2 Å². The number of aliphatic hydroxyl groups is 2. The second-order valence-electron chi connectivity index (χ2n) is 20.3. The van der Waals surface area contributed by atoms with Gasteiger partial charge in [0.1, 0.15) is 0 Å². The first-order valence-electron chi connectivity index (χ1n) is 29.5. The van der Waals surface area contributed by atoms with Gasteiger partial charge in [-0.1, -0.05) is 296 Å². The molecule has 0 saturated heterocycles. The van der Waals surface area contributed by atoms with Crippen molar-refractivity contribution >= 4 is 11.9 Å². The number of carbonyl (C=O) groups is 2. The maximum absolute atomic E-state index is 12.4. The molecule has 1 amide bonds. The number of rotatable bonds is 55. The summed E-state index contributed by atoms with van der Waals surface area (Å²) in [6.45, 7) is 4.92. The summed E-state index contributed by atoms with van der Waals surface area (Å²) in [6, 6.07) is -0.627. The van der Waals surface area contributed by atoms with Crippen molar-refractivity contribution in [2.75, 3.05) is 13.2 Å². The van der Waals surface area contributed by atoms with Gasteiger partial charge in [-0.05, 0) is 32.1 Å². The summed E-state index contributed by atoms with van der Waals surface area (Å²) in [5.41, 5.74) is 0. The number of nitrogens with one attached hydrogen (secondary N) is 1. The molecule has 0 spiro atoms. The molecule has 0 aliphatic heterocycles. The predicted octanol–water partition coefficient (Wildman–Crippen LogP) is 18.1. The van der Waals surface area contributed by atoms with Crippen LogP contribution in [0.1, 0.15) is 328 Å². The molecular formula is C59H115NO5. The fourth-order valence-corrected chi connectivity index (χ4v) is 9.28. The number of hydrogen-bond donors (Lipinski definition) is 3. The molecule has 0 fully saturated rings. The molecule has 0 rings (SSSR count). The van der Waals surface area contributed by atoms with Gasteiger partial charge in [-0.15, -0.1) is 0 Å². The molecule has 0 aliphatic rings. The van der Waals surface area contributed by atoms with Crippen LogP contribution in [0, 0.1) is 0 Å². The van der Waals surface area contributed by atoms with Gasteiger partial charge in [-0.3, -0.25) is 9.59 Å². The normalized spacial score (nSPS) is 12.6. The van der Waals surface area contributed by atoms with Gasteiger partial charge in [-0.25, -0.2) is 0 Å². The lowest BCUT2D eigenvalue weighted by atomic mass is 10.0. The average molecular weight is 919 g/mol. The van der Waals surface area contributed by atoms with Crippen molar-refractivity contribution in [3.63, 3.8) is 0 Å². The zero-order valence-electron chi connectivity index (χ0n) is 44.0. The highest BCUT2D eigenvalue weighted by atomic mass is 16.5. The Bertz CT molecular complexity index is 970. The molecule has 0 aromatic heterocycles. The number of hydrogen-bond acceptors (Lipinski definition) is 5. The Balaban J connectivity index is 3.39. The molecule has 2 unspecified atom stereocenters. The summed E-state index contributed by atoms with van der Waals surface area (Å²) < 4.78 is 5.49. The molecule has 386 valence electrons. The van der Waals surface area contributed by atoms with Crippen molar-refractivity contribution < 1.29 is 24.5 Å². The maximum atomic E-state index is 12.4. The third kappa shape index (κ3) is 51.8. The summed E-state index contributed by atoms with van der Waals surface area (Å²) in [7, 11) is 0. The first-order chi connectivity index (χ1) is 32.0. The van der Waals surface area contributed by atoms with Crippen molar-refractivity contribution in [2.24, 2.45) is 0 Å². The molecule has 3 N–H and O–H groups in total. The van der Waals surface area contributed by atoms with Crippen molar-refractivity contribution in [1.29, 1.82) is 0 Å². The van der Waals surface area contributed by atoms with E-state index in [1.54, 1.807) is 6.08 Å². The number of aliphatic hydroxyl groups excluding tert-OH is 2. The van der Waals surface area contributed by atoms with E-state index in [4.69, 9.17) is 4.74 Å². The van der Waals surface area contributed by atoms with Crippen LogP contribution in [0.15, 0.2) is 12.2 Å². The lowest BCUT2D eigenvalue weighted by molar-refractivity contribution is -0.143. The number of unbranched alkanes of at least 4 members (excludes halogenated alkanes) is 44. The molecule has 65 heavy (non-hydrogen) atoms. The van der Waals surface area contributed by atoms with E-state index in [0.29, 0.717) is 19.4 Å². The second-order valence-corrected chi connectivity index (χ2v) is 20.3. The van der Waals surface area contributed by atoms with E-state index in [-0.39, 0.29) is 18.5 Å². The first-order valence-corrected chi connectivity index (χ1v) is 29.5. The van der Waals surface area contributed by atoms with Gasteiger partial charge in [-0.2, -0.15) is 0 Å². The number of amides is 1. The Labute approximate surface area is 406 Å². The Morgan fingerprint density at radius 2 is 0.708 bits per heavy atom. The third-order valence-electron chi connectivity index (χ3n) is 13.8. The molecule has 0 saturated carbocycles. The highest BCUT2D eigenvalue weighted by molar-refractivity contribution is 5.76. The van der Waals surface area contributed by atoms with E-state index in [1.165, 1.54) is 263 Å². The van der Waals surface area contributed by atoms with E-state index >= 15 is 0 Å². The van der Waals surface area contributed by atoms with E-state index in [0.717, 1.165) is 38.5 Å². The van der Waals surface area contributed by atoms with Gasteiger partial charge in [0.05, 0.1) is 25.4 Å². The van der Waals surface area contributed by atoms with Crippen molar-refractivity contribution in [2.45, 2.75) is 341 Å². The molecule has 6 nitrogen and oxygen atoms in total. The van der Waals surface area contributed by atoms with Crippen LogP contribution < -0.4 is 5.32 Å². The summed E-state index contributed by atoms with van der Waals surface area (Å²) >= 11 is 0. The largest absolute Gasteiger partial charge is 0.466 e. The molecule has 0 aromatic rings. The Hall–Kier alpha value is -1.40. The van der Waals surface area contributed by atoms with Gasteiger partial charge in [0.15, 0.2) is 0 Å². The SMILES string of the molecule is CCCCCCCCCCCCC/C=C/C(O)C(CO)NC(=O)CCCCCCCCCCCCCCCCCCCCCCOC(=O)CCCCCCCCCCCCCCCCC. The van der Waals surface area contributed by atoms with Crippen molar-refractivity contribution in [1.82, 2.24) is 5.32 Å². The molecule has 6 heteroatoms. The number of carbonyl (C=O) groups excluding carboxylic acids is 2. The number of esters is 1. The van der Waals surface area contributed by atoms with Gasteiger partial charge in [0.2, 0.25) is 5.91 Å². The zero-order valence-corrected chi connectivity index (χ0v) is 44.0. The lowest BCUT2D eigenvalue weighted by Crippen LogP contribution is -2.45. The Morgan fingerprint density at radius 1 is 0.415 bits per heavy atom. The first kappa shape index (κ1) is 63.6. The molecule has 0 heterocycles. The topological polar surface area (TPSA) is 95.9 Å². The molecular weight excluding hydrogens is 803 g/mol. The Morgan fingerprint density at radius 3 is 1.05 bits per heavy atom. The van der Waals surface area contributed by atoms with Crippen LogP contribution in [0.25, 0.3) is 0 Å². The molecule has 0 radical (unpaired) electrons. The van der Waals surface area contributed by atoms with Crippen LogP contribution in [0.2, 0.25) is 0 Å². The third-order valence-corrected chi connectivity index (χ3v) is 13.8. The lowest BCUT2D eigenvalue weighted by Gasteiger charge is -2.20. The zero-order chi connectivity index (χ0) is 47.2. The van der Waals surface area contributed by atoms with E-state index in [1.807, 2.05) is 6.08 Å². The molecule has 2 atom stereocenters. The van der Waals surface area contributed by atoms with E-state index in [2.05, 4.69) is 19.2 Å². The minimum Gasteiger partial charge on any atom is -0.466 e. The second kappa shape index (κ2) is 55.2. The molecule has 0 aliphatic carbocycles. The van der Waals surface area contributed by atoms with Crippen LogP contribution in [0.4, 0.5) is 0 Å². The highest BCUT2D eigenvalue weighted by Crippen LogP contribution is 2.18. The van der Waals surface area contributed by atoms with Gasteiger partial charge < -0.3 is 20.3 Å². The monoisotopic (exact) mass is 918 g/mol. The molecule has 0 aromatic carbocycles. The van der Waals surface area contributed by atoms with Crippen LogP contribution >= 0.6 is 0 Å². The van der Waals surface area contributed by atoms with E-state index in [9.17, 15) is 19.8 Å². The number of ether oxygens (including phenoxy) is 1. The standard InChI is InChI=1S/C59H115NO5/c1-3-5-7-9-11-13-15-17-24-29-33-37-41-45-49-53-59(64)65-54-50-46-42-38-34-30-26-23-21-19-18-20-22-25-28-32-36-40-44-48-52-58(63)60-56(55-61)57(62)51-47-43-39-35-31-27-16-14-12-10-8-6-4-2/h47,51,56-57,61-62H,3-46,48-50,52-55H2,1-2H3,(H,60,63)/b51-47+. The number of allylic oxidation sites excluding steroid dienone is 1. The fourth-order valence-electron chi connectivity index (χ4n) is 9.28. The van der Waals surface area contributed by atoms with Gasteiger partial charge >= 0.3 is 5.97 Å². The van der Waals surface area contributed by atoms with Crippen LogP contribution in [0.5, 0.6) is 0 Å². The summed E-state index contributed by atoms with van der Waals surface area (Å²) in [4.78, 5) is 24.5. The van der Waals surface area contributed by atoms with Gasteiger partial charge in [0, 0.05) is 12.8 Å². The maximum Gasteiger partial charge on any atom is 0.305 e. The Kier molecular flexibility index (Phi) is 54.0. The fraction of sp³-hybridized carbons (Fsp3) is 0.932. The highest BCUT2D eigenvalue weighted by Gasteiger charge is 2.18. The average Bonchev–Trinajstić information content (AvgIpc) is 3.31. The van der Waals surface area contributed by atoms with Gasteiger partial charge in [0.25, 0.3) is 0 Å².